The lowest BCUT2D eigenvalue weighted by molar-refractivity contribution is -0.133. The Morgan fingerprint density at radius 2 is 1.88 bits per heavy atom. The summed E-state index contributed by atoms with van der Waals surface area (Å²) in [4.78, 5) is 14.1. The van der Waals surface area contributed by atoms with Crippen LogP contribution in [0.25, 0.3) is 0 Å². The van der Waals surface area contributed by atoms with E-state index < -0.39 is 0 Å². The molecule has 0 aliphatic carbocycles. The van der Waals surface area contributed by atoms with Crippen molar-refractivity contribution in [2.45, 2.75) is 52.0 Å². The fourth-order valence-electron chi connectivity index (χ4n) is 2.37. The van der Waals surface area contributed by atoms with Crippen LogP contribution in [0.1, 0.15) is 46.0 Å². The number of carbonyl (C=O) groups is 1. The molecule has 1 heterocycles. The zero-order chi connectivity index (χ0) is 12.0. The molecule has 3 heteroatoms. The van der Waals surface area contributed by atoms with Crippen LogP contribution < -0.4 is 5.32 Å². The van der Waals surface area contributed by atoms with Crippen LogP contribution in [-0.2, 0) is 4.79 Å². The fraction of sp³-hybridized carbons (Fsp3) is 0.923. The van der Waals surface area contributed by atoms with Gasteiger partial charge in [0.2, 0.25) is 5.91 Å². The summed E-state index contributed by atoms with van der Waals surface area (Å²) in [6.45, 7) is 6.22. The van der Waals surface area contributed by atoms with E-state index in [9.17, 15) is 4.79 Å². The maximum absolute atomic E-state index is 12.0. The first-order chi connectivity index (χ1) is 7.71. The first kappa shape index (κ1) is 13.5. The van der Waals surface area contributed by atoms with Crippen LogP contribution in [0.3, 0.4) is 0 Å². The van der Waals surface area contributed by atoms with Crippen molar-refractivity contribution in [3.05, 3.63) is 0 Å². The molecule has 3 nitrogen and oxygen atoms in total. The van der Waals surface area contributed by atoms with Gasteiger partial charge in [0.15, 0.2) is 0 Å². The van der Waals surface area contributed by atoms with Crippen molar-refractivity contribution in [1.82, 2.24) is 10.2 Å². The Labute approximate surface area is 99.6 Å². The molecule has 1 aliphatic rings. The minimum absolute atomic E-state index is 0.364. The largest absolute Gasteiger partial charge is 0.343 e. The standard InChI is InChI=1S/C13H26N2O/c1-4-11(5-2)10-13(16)15-8-6-12(14-3)7-9-15/h11-12,14H,4-10H2,1-3H3. The van der Waals surface area contributed by atoms with E-state index in [1.807, 2.05) is 11.9 Å². The van der Waals surface area contributed by atoms with Crippen molar-refractivity contribution in [2.75, 3.05) is 20.1 Å². The van der Waals surface area contributed by atoms with E-state index in [4.69, 9.17) is 0 Å². The van der Waals surface area contributed by atoms with Crippen LogP contribution in [0.5, 0.6) is 0 Å². The molecule has 1 fully saturated rings. The van der Waals surface area contributed by atoms with Gasteiger partial charge in [-0.1, -0.05) is 26.7 Å². The van der Waals surface area contributed by atoms with Crippen LogP contribution in [0.15, 0.2) is 0 Å². The number of piperidine rings is 1. The van der Waals surface area contributed by atoms with Crippen LogP contribution in [0.4, 0.5) is 0 Å². The van der Waals surface area contributed by atoms with Crippen LogP contribution in [0, 0.1) is 5.92 Å². The Bertz CT molecular complexity index is 206. The van der Waals surface area contributed by atoms with Crippen molar-refractivity contribution in [2.24, 2.45) is 5.92 Å². The topological polar surface area (TPSA) is 32.3 Å². The molecule has 0 spiro atoms. The molecule has 0 atom stereocenters. The molecule has 1 N–H and O–H groups in total. The molecule has 0 bridgehead atoms. The Hall–Kier alpha value is -0.570. The minimum atomic E-state index is 0.364. The molecule has 0 saturated carbocycles. The molecule has 1 aliphatic heterocycles. The van der Waals surface area contributed by atoms with E-state index in [-0.39, 0.29) is 0 Å². The number of hydrogen-bond donors (Lipinski definition) is 1. The SMILES string of the molecule is CCC(CC)CC(=O)N1CCC(NC)CC1. The van der Waals surface area contributed by atoms with Crippen molar-refractivity contribution in [3.8, 4) is 0 Å². The highest BCUT2D eigenvalue weighted by Crippen LogP contribution is 2.17. The summed E-state index contributed by atoms with van der Waals surface area (Å²) in [5.41, 5.74) is 0. The summed E-state index contributed by atoms with van der Waals surface area (Å²) in [7, 11) is 2.01. The molecule has 1 saturated heterocycles. The normalized spacial score (nSPS) is 18.1. The number of nitrogens with one attached hydrogen (secondary N) is 1. The Balaban J connectivity index is 2.32. The highest BCUT2D eigenvalue weighted by molar-refractivity contribution is 5.76. The van der Waals surface area contributed by atoms with E-state index >= 15 is 0 Å². The van der Waals surface area contributed by atoms with Gasteiger partial charge in [-0.15, -0.1) is 0 Å². The molecular weight excluding hydrogens is 200 g/mol. The minimum Gasteiger partial charge on any atom is -0.343 e. The molecule has 1 amide bonds. The van der Waals surface area contributed by atoms with Gasteiger partial charge in [0.1, 0.15) is 0 Å². The summed E-state index contributed by atoms with van der Waals surface area (Å²) in [5, 5.41) is 3.29. The smallest absolute Gasteiger partial charge is 0.222 e. The van der Waals surface area contributed by atoms with E-state index in [1.54, 1.807) is 0 Å². The molecule has 0 unspecified atom stereocenters. The molecule has 0 aromatic carbocycles. The predicted molar refractivity (Wildman–Crippen MR) is 67.4 cm³/mol. The average Bonchev–Trinajstić information content (AvgIpc) is 2.35. The quantitative estimate of drug-likeness (QED) is 0.778. The molecular formula is C13H26N2O. The van der Waals surface area contributed by atoms with Crippen molar-refractivity contribution < 1.29 is 4.79 Å². The van der Waals surface area contributed by atoms with Crippen LogP contribution in [0.2, 0.25) is 0 Å². The summed E-state index contributed by atoms with van der Waals surface area (Å²) in [6.07, 6.45) is 5.19. The van der Waals surface area contributed by atoms with Gasteiger partial charge >= 0.3 is 0 Å². The third-order valence-corrected chi connectivity index (χ3v) is 3.87. The van der Waals surface area contributed by atoms with Crippen LogP contribution >= 0.6 is 0 Å². The fourth-order valence-corrected chi connectivity index (χ4v) is 2.37. The Kier molecular flexibility index (Phi) is 5.81. The second kappa shape index (κ2) is 6.89. The number of likely N-dealkylation sites (tertiary alicyclic amines) is 1. The number of rotatable bonds is 5. The van der Waals surface area contributed by atoms with E-state index in [0.717, 1.165) is 45.2 Å². The lowest BCUT2D eigenvalue weighted by Gasteiger charge is -2.32. The van der Waals surface area contributed by atoms with Crippen LogP contribution in [-0.4, -0.2) is 37.0 Å². The van der Waals surface area contributed by atoms with Gasteiger partial charge in [-0.25, -0.2) is 0 Å². The first-order valence-electron chi connectivity index (χ1n) is 6.66. The zero-order valence-electron chi connectivity index (χ0n) is 11.0. The summed E-state index contributed by atoms with van der Waals surface area (Å²) in [5.74, 6) is 0.942. The summed E-state index contributed by atoms with van der Waals surface area (Å²) >= 11 is 0. The van der Waals surface area contributed by atoms with Gasteiger partial charge in [-0.3, -0.25) is 4.79 Å². The third kappa shape index (κ3) is 3.78. The number of carbonyl (C=O) groups excluding carboxylic acids is 1. The Morgan fingerprint density at radius 1 is 1.31 bits per heavy atom. The highest BCUT2D eigenvalue weighted by Gasteiger charge is 2.22. The van der Waals surface area contributed by atoms with Gasteiger partial charge in [0, 0.05) is 25.6 Å². The van der Waals surface area contributed by atoms with E-state index in [1.165, 1.54) is 0 Å². The van der Waals surface area contributed by atoms with Gasteiger partial charge in [-0.2, -0.15) is 0 Å². The molecule has 0 aromatic heterocycles. The average molecular weight is 226 g/mol. The maximum Gasteiger partial charge on any atom is 0.222 e. The third-order valence-electron chi connectivity index (χ3n) is 3.87. The van der Waals surface area contributed by atoms with Crippen molar-refractivity contribution >= 4 is 5.91 Å². The number of hydrogen-bond acceptors (Lipinski definition) is 2. The molecule has 94 valence electrons. The second-order valence-electron chi connectivity index (χ2n) is 4.83. The second-order valence-corrected chi connectivity index (χ2v) is 4.83. The summed E-state index contributed by atoms with van der Waals surface area (Å²) in [6, 6.07) is 0.609. The predicted octanol–water partition coefficient (Wildman–Crippen LogP) is 2.02. The molecule has 1 rings (SSSR count). The van der Waals surface area contributed by atoms with Gasteiger partial charge < -0.3 is 10.2 Å². The molecule has 0 aromatic rings. The van der Waals surface area contributed by atoms with Crippen molar-refractivity contribution in [1.29, 1.82) is 0 Å². The van der Waals surface area contributed by atoms with E-state index in [0.29, 0.717) is 17.9 Å². The van der Waals surface area contributed by atoms with Gasteiger partial charge in [0.05, 0.1) is 0 Å². The lowest BCUT2D eigenvalue weighted by atomic mass is 9.97. The van der Waals surface area contributed by atoms with E-state index in [2.05, 4.69) is 19.2 Å². The van der Waals surface area contributed by atoms with Gasteiger partial charge in [-0.05, 0) is 25.8 Å². The lowest BCUT2D eigenvalue weighted by Crippen LogP contribution is -2.44. The monoisotopic (exact) mass is 226 g/mol. The molecule has 0 radical (unpaired) electrons. The summed E-state index contributed by atoms with van der Waals surface area (Å²) < 4.78 is 0. The number of nitrogens with zero attached hydrogens (tertiary/aromatic N) is 1. The van der Waals surface area contributed by atoms with Gasteiger partial charge in [0.25, 0.3) is 0 Å². The van der Waals surface area contributed by atoms with Crippen molar-refractivity contribution in [3.63, 3.8) is 0 Å². The first-order valence-corrected chi connectivity index (χ1v) is 6.66. The molecule has 16 heavy (non-hydrogen) atoms. The zero-order valence-corrected chi connectivity index (χ0v) is 11.0. The number of amides is 1. The Morgan fingerprint density at radius 3 is 2.31 bits per heavy atom. The maximum atomic E-state index is 12.0. The highest BCUT2D eigenvalue weighted by atomic mass is 16.2.